The molecule has 0 radical (unpaired) electrons. The lowest BCUT2D eigenvalue weighted by Gasteiger charge is -2.24. The quantitative estimate of drug-likeness (QED) is 0.808. The van der Waals surface area contributed by atoms with Gasteiger partial charge in [-0.25, -0.2) is 4.68 Å². The second-order valence-electron chi connectivity index (χ2n) is 8.01. The van der Waals surface area contributed by atoms with Crippen LogP contribution in [0.25, 0.3) is 0 Å². The molecule has 0 spiro atoms. The fourth-order valence-corrected chi connectivity index (χ4v) is 5.61. The molecule has 0 bridgehead atoms. The Morgan fingerprint density at radius 3 is 3.00 bits per heavy atom. The summed E-state index contributed by atoms with van der Waals surface area (Å²) in [6.45, 7) is 3.74. The van der Waals surface area contributed by atoms with E-state index in [0.717, 1.165) is 61.7 Å². The zero-order valence-electron chi connectivity index (χ0n) is 15.8. The largest absolute Gasteiger partial charge is 0.293 e. The summed E-state index contributed by atoms with van der Waals surface area (Å²) >= 11 is 1.89. The summed E-state index contributed by atoms with van der Waals surface area (Å²) in [6, 6.07) is 4.48. The summed E-state index contributed by atoms with van der Waals surface area (Å²) in [4.78, 5) is 15.0. The number of aromatic nitrogens is 4. The third-order valence-corrected chi connectivity index (χ3v) is 7.13. The molecule has 144 valence electrons. The van der Waals surface area contributed by atoms with Crippen LogP contribution in [0.5, 0.6) is 0 Å². The molecule has 3 aliphatic heterocycles. The minimum atomic E-state index is 0.0561. The Balaban J connectivity index is 1.31. The van der Waals surface area contributed by atoms with Crippen LogP contribution in [-0.2, 0) is 38.2 Å². The molecule has 1 fully saturated rings. The molecule has 7 heteroatoms. The predicted molar refractivity (Wildman–Crippen MR) is 107 cm³/mol. The molecule has 2 aromatic rings. The average molecular weight is 386 g/mol. The number of thioether (sulfide) groups is 1. The first kappa shape index (κ1) is 17.5. The average Bonchev–Trinajstić information content (AvgIpc) is 3.29. The van der Waals surface area contributed by atoms with Crippen LogP contribution in [0.1, 0.15) is 48.3 Å². The first-order chi connectivity index (χ1) is 13.3. The predicted octanol–water partition coefficient (Wildman–Crippen LogP) is 2.23. The minimum Gasteiger partial charge on any atom is -0.293 e. The smallest absolute Gasteiger partial charge is 0.267 e. The molecule has 27 heavy (non-hydrogen) atoms. The number of hydrogen-bond acceptors (Lipinski definition) is 5. The van der Waals surface area contributed by atoms with E-state index in [-0.39, 0.29) is 5.56 Å². The number of hydrogen-bond donors (Lipinski definition) is 0. The van der Waals surface area contributed by atoms with Crippen molar-refractivity contribution in [2.24, 2.45) is 0 Å². The summed E-state index contributed by atoms with van der Waals surface area (Å²) in [7, 11) is 0. The molecule has 1 unspecified atom stereocenters. The van der Waals surface area contributed by atoms with Crippen molar-refractivity contribution in [1.29, 1.82) is 0 Å². The Morgan fingerprint density at radius 2 is 2.07 bits per heavy atom. The van der Waals surface area contributed by atoms with Crippen LogP contribution < -0.4 is 5.56 Å². The van der Waals surface area contributed by atoms with Gasteiger partial charge in [-0.2, -0.15) is 22.0 Å². The fourth-order valence-electron chi connectivity index (χ4n) is 4.66. The van der Waals surface area contributed by atoms with E-state index in [1.165, 1.54) is 30.7 Å². The number of nitrogens with zero attached hydrogens (tertiary/aromatic N) is 5. The molecular weight excluding hydrogens is 358 g/mol. The molecule has 2 aromatic heterocycles. The Morgan fingerprint density at radius 1 is 1.11 bits per heavy atom. The number of aryl methyl sites for hydroxylation is 3. The molecule has 0 aromatic carbocycles. The van der Waals surface area contributed by atoms with E-state index in [1.807, 2.05) is 17.8 Å². The second-order valence-corrected chi connectivity index (χ2v) is 9.12. The summed E-state index contributed by atoms with van der Waals surface area (Å²) in [5, 5.41) is 9.53. The van der Waals surface area contributed by atoms with Gasteiger partial charge in [0.2, 0.25) is 0 Å². The van der Waals surface area contributed by atoms with Crippen LogP contribution in [0.15, 0.2) is 16.9 Å². The molecule has 1 saturated heterocycles. The SMILES string of the molecule is O=c1cc2c(nn1CC1CCCN1Cc1cc3n(n1)CCCC3)CCSC2. The molecular formula is C20H27N5OS. The standard InChI is InChI=1S/C20H27N5OS/c26-20-10-15-14-27-9-6-19(15)22-25(20)13-18-5-3-7-23(18)12-16-11-17-4-1-2-8-24(17)21-16/h10-11,18H,1-9,12-14H2. The summed E-state index contributed by atoms with van der Waals surface area (Å²) < 4.78 is 3.91. The van der Waals surface area contributed by atoms with Crippen LogP contribution in [-0.4, -0.2) is 42.8 Å². The fraction of sp³-hybridized carbons (Fsp3) is 0.650. The maximum absolute atomic E-state index is 12.5. The van der Waals surface area contributed by atoms with E-state index in [4.69, 9.17) is 10.2 Å². The Labute approximate surface area is 163 Å². The molecule has 0 saturated carbocycles. The van der Waals surface area contributed by atoms with Gasteiger partial charge in [0.05, 0.1) is 17.9 Å². The molecule has 1 atom stereocenters. The lowest BCUT2D eigenvalue weighted by atomic mass is 10.1. The number of likely N-dealkylation sites (tertiary alicyclic amines) is 1. The van der Waals surface area contributed by atoms with E-state index in [0.29, 0.717) is 12.6 Å². The topological polar surface area (TPSA) is 56.0 Å². The molecule has 0 aliphatic carbocycles. The van der Waals surface area contributed by atoms with Crippen LogP contribution in [0.3, 0.4) is 0 Å². The zero-order chi connectivity index (χ0) is 18.2. The highest BCUT2D eigenvalue weighted by atomic mass is 32.2. The van der Waals surface area contributed by atoms with Crippen molar-refractivity contribution in [1.82, 2.24) is 24.5 Å². The molecule has 5 rings (SSSR count). The molecule has 3 aliphatic rings. The molecule has 6 nitrogen and oxygen atoms in total. The molecule has 5 heterocycles. The lowest BCUT2D eigenvalue weighted by Crippen LogP contribution is -2.37. The van der Waals surface area contributed by atoms with E-state index in [2.05, 4.69) is 15.6 Å². The van der Waals surface area contributed by atoms with E-state index in [1.54, 1.807) is 4.68 Å². The summed E-state index contributed by atoms with van der Waals surface area (Å²) in [5.74, 6) is 2.04. The highest BCUT2D eigenvalue weighted by Crippen LogP contribution is 2.24. The van der Waals surface area contributed by atoms with Gasteiger partial charge >= 0.3 is 0 Å². The van der Waals surface area contributed by atoms with Crippen LogP contribution in [0.2, 0.25) is 0 Å². The van der Waals surface area contributed by atoms with Gasteiger partial charge < -0.3 is 0 Å². The van der Waals surface area contributed by atoms with Crippen molar-refractivity contribution in [2.45, 2.75) is 70.0 Å². The first-order valence-electron chi connectivity index (χ1n) is 10.2. The Kier molecular flexibility index (Phi) is 4.82. The Hall–Kier alpha value is -1.60. The molecule has 0 N–H and O–H groups in total. The monoisotopic (exact) mass is 385 g/mol. The van der Waals surface area contributed by atoms with E-state index >= 15 is 0 Å². The van der Waals surface area contributed by atoms with Gasteiger partial charge in [0.15, 0.2) is 0 Å². The van der Waals surface area contributed by atoms with Gasteiger partial charge in [-0.3, -0.25) is 14.4 Å². The van der Waals surface area contributed by atoms with Gasteiger partial charge in [-0.15, -0.1) is 0 Å². The normalized spacial score (nSPS) is 22.6. The van der Waals surface area contributed by atoms with Crippen LogP contribution in [0.4, 0.5) is 0 Å². The molecule has 0 amide bonds. The van der Waals surface area contributed by atoms with Crippen LogP contribution >= 0.6 is 11.8 Å². The van der Waals surface area contributed by atoms with Crippen molar-refractivity contribution in [3.63, 3.8) is 0 Å². The summed E-state index contributed by atoms with van der Waals surface area (Å²) in [6.07, 6.45) is 6.98. The third-order valence-electron chi connectivity index (χ3n) is 6.12. The summed E-state index contributed by atoms with van der Waals surface area (Å²) in [5.41, 5.74) is 4.89. The van der Waals surface area contributed by atoms with Crippen molar-refractivity contribution in [2.75, 3.05) is 12.3 Å². The van der Waals surface area contributed by atoms with Gasteiger partial charge in [0.1, 0.15) is 0 Å². The van der Waals surface area contributed by atoms with Crippen LogP contribution in [0, 0.1) is 0 Å². The van der Waals surface area contributed by atoms with Gasteiger partial charge in [0, 0.05) is 43.1 Å². The van der Waals surface area contributed by atoms with Gasteiger partial charge in [-0.1, -0.05) is 0 Å². The van der Waals surface area contributed by atoms with E-state index in [9.17, 15) is 4.79 Å². The highest BCUT2D eigenvalue weighted by molar-refractivity contribution is 7.98. The van der Waals surface area contributed by atoms with Gasteiger partial charge in [-0.05, 0) is 56.0 Å². The highest BCUT2D eigenvalue weighted by Gasteiger charge is 2.27. The van der Waals surface area contributed by atoms with Crippen molar-refractivity contribution < 1.29 is 0 Å². The maximum atomic E-state index is 12.5. The van der Waals surface area contributed by atoms with E-state index < -0.39 is 0 Å². The van der Waals surface area contributed by atoms with Gasteiger partial charge in [0.25, 0.3) is 5.56 Å². The van der Waals surface area contributed by atoms with Crippen molar-refractivity contribution >= 4 is 11.8 Å². The third kappa shape index (κ3) is 3.59. The Bertz CT molecular complexity index is 865. The minimum absolute atomic E-state index is 0.0561. The maximum Gasteiger partial charge on any atom is 0.267 e. The number of rotatable bonds is 4. The number of fused-ring (bicyclic) bond motifs is 2. The first-order valence-corrected chi connectivity index (χ1v) is 11.4. The lowest BCUT2D eigenvalue weighted by molar-refractivity contribution is 0.213. The van der Waals surface area contributed by atoms with Crippen molar-refractivity contribution in [3.05, 3.63) is 45.1 Å². The second kappa shape index (κ2) is 7.43. The van der Waals surface area contributed by atoms with Crippen molar-refractivity contribution in [3.8, 4) is 0 Å². The zero-order valence-corrected chi connectivity index (χ0v) is 16.6.